The molecule has 0 aliphatic carbocycles. The van der Waals surface area contributed by atoms with E-state index < -0.39 is 27.9 Å². The molecule has 0 bridgehead atoms. The number of unbranched alkanes of at least 4 members (excludes halogenated alkanes) is 1. The molecule has 6 nitrogen and oxygen atoms in total. The van der Waals surface area contributed by atoms with Gasteiger partial charge in [-0.3, -0.25) is 4.79 Å². The summed E-state index contributed by atoms with van der Waals surface area (Å²) in [6.45, 7) is 4.02. The molecule has 0 heterocycles. The second-order valence-electron chi connectivity index (χ2n) is 6.37. The van der Waals surface area contributed by atoms with E-state index >= 15 is 0 Å². The van der Waals surface area contributed by atoms with Crippen molar-refractivity contribution in [3.63, 3.8) is 0 Å². The Bertz CT molecular complexity index is 866. The number of esters is 1. The van der Waals surface area contributed by atoms with E-state index in [4.69, 9.17) is 9.02 Å². The van der Waals surface area contributed by atoms with Crippen LogP contribution >= 0.6 is 0 Å². The molecule has 1 N–H and O–H groups in total. The smallest absolute Gasteiger partial charge is 0.325 e. The predicted octanol–water partition coefficient (Wildman–Crippen LogP) is 3.30. The summed E-state index contributed by atoms with van der Waals surface area (Å²) < 4.78 is 47.8. The minimum absolute atomic E-state index is 0.0366. The van der Waals surface area contributed by atoms with Gasteiger partial charge >= 0.3 is 16.1 Å². The molecule has 0 amide bonds. The van der Waals surface area contributed by atoms with E-state index in [0.29, 0.717) is 12.0 Å². The van der Waals surface area contributed by atoms with E-state index in [-0.39, 0.29) is 17.9 Å². The van der Waals surface area contributed by atoms with Crippen molar-refractivity contribution in [3.8, 4) is 0 Å². The van der Waals surface area contributed by atoms with E-state index in [1.807, 2.05) is 13.8 Å². The van der Waals surface area contributed by atoms with E-state index in [0.717, 1.165) is 12.0 Å². The predicted molar refractivity (Wildman–Crippen MR) is 102 cm³/mol. The van der Waals surface area contributed by atoms with E-state index in [1.165, 1.54) is 36.4 Å². The Labute approximate surface area is 164 Å². The van der Waals surface area contributed by atoms with Gasteiger partial charge in [-0.05, 0) is 43.2 Å². The minimum atomic E-state index is -4.11. The number of hydrogen-bond donors (Lipinski definition) is 1. The zero-order valence-corrected chi connectivity index (χ0v) is 16.7. The third-order valence-electron chi connectivity index (χ3n) is 3.99. The number of nitrogens with one attached hydrogen (secondary N) is 1. The van der Waals surface area contributed by atoms with Crippen LogP contribution in [0.5, 0.6) is 0 Å². The van der Waals surface area contributed by atoms with Gasteiger partial charge in [0.1, 0.15) is 11.9 Å². The first-order valence-electron chi connectivity index (χ1n) is 8.98. The van der Waals surface area contributed by atoms with Crippen molar-refractivity contribution in [1.82, 2.24) is 5.48 Å². The second kappa shape index (κ2) is 10.3. The van der Waals surface area contributed by atoms with Crippen molar-refractivity contribution in [2.24, 2.45) is 0 Å². The van der Waals surface area contributed by atoms with Crippen LogP contribution in [0.1, 0.15) is 30.9 Å². The fraction of sp³-hybridized carbons (Fsp3) is 0.350. The molecule has 0 fully saturated rings. The molecule has 2 aromatic carbocycles. The molecule has 0 spiro atoms. The van der Waals surface area contributed by atoms with Gasteiger partial charge in [-0.15, -0.1) is 0 Å². The molecule has 2 aromatic rings. The van der Waals surface area contributed by atoms with Crippen LogP contribution in [0.4, 0.5) is 4.39 Å². The highest BCUT2D eigenvalue weighted by Gasteiger charge is 2.25. The maximum atomic E-state index is 13.1. The van der Waals surface area contributed by atoms with Gasteiger partial charge in [-0.2, -0.15) is 18.2 Å². The first-order chi connectivity index (χ1) is 13.3. The lowest BCUT2D eigenvalue weighted by atomic mass is 10.1. The Balaban J connectivity index is 2.10. The second-order valence-corrected chi connectivity index (χ2v) is 7.92. The Morgan fingerprint density at radius 3 is 2.36 bits per heavy atom. The number of hydrogen-bond acceptors (Lipinski definition) is 6. The van der Waals surface area contributed by atoms with Gasteiger partial charge in [0.05, 0.1) is 11.5 Å². The number of aryl methyl sites for hydroxylation is 1. The minimum Gasteiger partial charge on any atom is -0.464 e. The normalized spacial score (nSPS) is 12.5. The number of ether oxygens (including phenoxy) is 1. The Morgan fingerprint density at radius 1 is 1.11 bits per heavy atom. The fourth-order valence-electron chi connectivity index (χ4n) is 2.32. The number of carbonyl (C=O) groups excluding carboxylic acids is 1. The maximum absolute atomic E-state index is 13.1. The molecule has 0 aliphatic rings. The third kappa shape index (κ3) is 6.70. The highest BCUT2D eigenvalue weighted by Crippen LogP contribution is 2.14. The summed E-state index contributed by atoms with van der Waals surface area (Å²) >= 11 is 0. The standard InChI is InChI=1S/C20H24FNO5S/c1-3-4-13-26-20(23)19(14-16-7-9-17(21)10-8-16)22-27-28(24,25)18-11-5-15(2)6-12-18/h5-12,19,22H,3-4,13-14H2,1-2H3/t19-/m1/s1. The summed E-state index contributed by atoms with van der Waals surface area (Å²) in [5.74, 6) is -1.05. The SMILES string of the molecule is CCCCOC(=O)[C@@H](Cc1ccc(F)cc1)NOS(=O)(=O)c1ccc(C)cc1. The van der Waals surface area contributed by atoms with E-state index in [9.17, 15) is 17.6 Å². The lowest BCUT2D eigenvalue weighted by Gasteiger charge is -2.17. The molecule has 0 saturated heterocycles. The van der Waals surface area contributed by atoms with E-state index in [2.05, 4.69) is 5.48 Å². The van der Waals surface area contributed by atoms with E-state index in [1.54, 1.807) is 12.1 Å². The van der Waals surface area contributed by atoms with Crippen LogP contribution in [0.2, 0.25) is 0 Å². The van der Waals surface area contributed by atoms with Crippen LogP contribution in [0.3, 0.4) is 0 Å². The summed E-state index contributed by atoms with van der Waals surface area (Å²) in [6, 6.07) is 10.6. The van der Waals surface area contributed by atoms with Gasteiger partial charge in [0, 0.05) is 6.42 Å². The number of benzene rings is 2. The summed E-state index contributed by atoms with van der Waals surface area (Å²) in [6.07, 6.45) is 1.62. The molecule has 0 aromatic heterocycles. The van der Waals surface area contributed by atoms with Crippen molar-refractivity contribution in [2.45, 2.75) is 44.0 Å². The molecule has 2 rings (SSSR count). The average molecular weight is 409 g/mol. The summed E-state index contributed by atoms with van der Waals surface area (Å²) in [5.41, 5.74) is 3.84. The largest absolute Gasteiger partial charge is 0.464 e. The first kappa shape index (κ1) is 22.0. The molecule has 0 aliphatic heterocycles. The maximum Gasteiger partial charge on any atom is 0.325 e. The molecule has 1 atom stereocenters. The number of halogens is 1. The quantitative estimate of drug-likeness (QED) is 0.368. The Hall–Kier alpha value is -2.29. The zero-order valence-electron chi connectivity index (χ0n) is 15.9. The van der Waals surface area contributed by atoms with Crippen LogP contribution in [-0.2, 0) is 30.4 Å². The van der Waals surface area contributed by atoms with Crippen molar-refractivity contribution < 1.29 is 26.6 Å². The van der Waals surface area contributed by atoms with Crippen molar-refractivity contribution in [3.05, 3.63) is 65.5 Å². The average Bonchev–Trinajstić information content (AvgIpc) is 2.67. The van der Waals surface area contributed by atoms with Crippen LogP contribution in [0.15, 0.2) is 53.4 Å². The van der Waals surface area contributed by atoms with Crippen LogP contribution in [-0.4, -0.2) is 27.0 Å². The summed E-state index contributed by atoms with van der Waals surface area (Å²) in [4.78, 5) is 12.3. The van der Waals surface area contributed by atoms with Crippen LogP contribution in [0, 0.1) is 12.7 Å². The van der Waals surface area contributed by atoms with Gasteiger partial charge < -0.3 is 4.74 Å². The molecule has 152 valence electrons. The molecular weight excluding hydrogens is 385 g/mol. The van der Waals surface area contributed by atoms with Gasteiger partial charge in [-0.1, -0.05) is 43.2 Å². The van der Waals surface area contributed by atoms with Crippen molar-refractivity contribution in [2.75, 3.05) is 6.61 Å². The first-order valence-corrected chi connectivity index (χ1v) is 10.4. The van der Waals surface area contributed by atoms with Crippen molar-refractivity contribution in [1.29, 1.82) is 0 Å². The summed E-state index contributed by atoms with van der Waals surface area (Å²) in [5, 5.41) is 0. The number of carbonyl (C=O) groups is 1. The lowest BCUT2D eigenvalue weighted by Crippen LogP contribution is -2.41. The van der Waals surface area contributed by atoms with Gasteiger partial charge in [0.15, 0.2) is 0 Å². The topological polar surface area (TPSA) is 81.7 Å². The molecule has 0 radical (unpaired) electrons. The summed E-state index contributed by atoms with van der Waals surface area (Å²) in [7, 11) is -4.11. The van der Waals surface area contributed by atoms with Crippen LogP contribution in [0.25, 0.3) is 0 Å². The fourth-order valence-corrected chi connectivity index (χ4v) is 3.13. The third-order valence-corrected chi connectivity index (χ3v) is 5.15. The molecule has 0 unspecified atom stereocenters. The van der Waals surface area contributed by atoms with Gasteiger partial charge in [0.2, 0.25) is 0 Å². The Morgan fingerprint density at radius 2 is 1.75 bits per heavy atom. The molecular formula is C20H24FNO5S. The van der Waals surface area contributed by atoms with Crippen molar-refractivity contribution >= 4 is 16.1 Å². The van der Waals surface area contributed by atoms with Gasteiger partial charge in [0.25, 0.3) is 0 Å². The Kier molecular flexibility index (Phi) is 8.10. The molecule has 0 saturated carbocycles. The van der Waals surface area contributed by atoms with Gasteiger partial charge in [-0.25, -0.2) is 4.39 Å². The molecule has 28 heavy (non-hydrogen) atoms. The monoisotopic (exact) mass is 409 g/mol. The molecule has 8 heteroatoms. The number of hydroxylamine groups is 1. The highest BCUT2D eigenvalue weighted by atomic mass is 32.2. The lowest BCUT2D eigenvalue weighted by molar-refractivity contribution is -0.148. The zero-order chi connectivity index (χ0) is 20.6. The number of rotatable bonds is 10. The van der Waals surface area contributed by atoms with Crippen LogP contribution < -0.4 is 5.48 Å². The highest BCUT2D eigenvalue weighted by molar-refractivity contribution is 7.86.